The number of thioether (sulfide) groups is 1. The maximum Gasteiger partial charge on any atom is 0.374 e. The Bertz CT molecular complexity index is 637. The molecule has 104 valence electrons. The molecular formula is C13H11NO5S. The normalized spacial score (nSPS) is 10.2. The van der Waals surface area contributed by atoms with Crippen LogP contribution in [0.15, 0.2) is 40.1 Å². The predicted octanol–water partition coefficient (Wildman–Crippen LogP) is 2.45. The number of rotatable bonds is 5. The fourth-order valence-corrected chi connectivity index (χ4v) is 2.37. The summed E-state index contributed by atoms with van der Waals surface area (Å²) in [5.41, 5.74) is 0.840. The van der Waals surface area contributed by atoms with Crippen LogP contribution in [0.3, 0.4) is 0 Å². The number of ether oxygens (including phenoxy) is 1. The number of hydrogen-bond acceptors (Lipinski definition) is 6. The van der Waals surface area contributed by atoms with Crippen LogP contribution < -0.4 is 0 Å². The van der Waals surface area contributed by atoms with Gasteiger partial charge >= 0.3 is 11.9 Å². The van der Waals surface area contributed by atoms with Crippen LogP contribution in [0.1, 0.15) is 26.5 Å². The van der Waals surface area contributed by atoms with Gasteiger partial charge in [-0.15, -0.1) is 11.8 Å². The molecule has 0 radical (unpaired) electrons. The first kappa shape index (κ1) is 14.1. The van der Waals surface area contributed by atoms with Gasteiger partial charge < -0.3 is 14.3 Å². The van der Waals surface area contributed by atoms with Crippen molar-refractivity contribution >= 4 is 23.7 Å². The number of methoxy groups -OCH3 is 1. The Kier molecular flexibility index (Phi) is 4.41. The molecule has 0 spiro atoms. The Hall–Kier alpha value is -2.28. The third kappa shape index (κ3) is 3.18. The quantitative estimate of drug-likeness (QED) is 0.669. The Morgan fingerprint density at radius 2 is 2.25 bits per heavy atom. The van der Waals surface area contributed by atoms with E-state index < -0.39 is 11.9 Å². The van der Waals surface area contributed by atoms with Gasteiger partial charge in [0.05, 0.1) is 24.0 Å². The van der Waals surface area contributed by atoms with Crippen LogP contribution in [0.5, 0.6) is 0 Å². The molecule has 0 atom stereocenters. The maximum absolute atomic E-state index is 11.4. The highest BCUT2D eigenvalue weighted by molar-refractivity contribution is 7.98. The second-order valence-electron chi connectivity index (χ2n) is 3.74. The Labute approximate surface area is 118 Å². The van der Waals surface area contributed by atoms with Crippen molar-refractivity contribution in [2.45, 2.75) is 10.8 Å². The average molecular weight is 293 g/mol. The van der Waals surface area contributed by atoms with Crippen molar-refractivity contribution in [3.05, 3.63) is 47.5 Å². The van der Waals surface area contributed by atoms with Gasteiger partial charge in [-0.2, -0.15) is 0 Å². The van der Waals surface area contributed by atoms with Crippen LogP contribution in [0, 0.1) is 0 Å². The predicted molar refractivity (Wildman–Crippen MR) is 70.8 cm³/mol. The fourth-order valence-electron chi connectivity index (χ4n) is 1.49. The Morgan fingerprint density at radius 3 is 2.95 bits per heavy atom. The van der Waals surface area contributed by atoms with Crippen molar-refractivity contribution in [2.24, 2.45) is 0 Å². The number of pyridine rings is 1. The van der Waals surface area contributed by atoms with E-state index >= 15 is 0 Å². The molecule has 0 amide bonds. The summed E-state index contributed by atoms with van der Waals surface area (Å²) in [6.45, 7) is 0. The van der Waals surface area contributed by atoms with E-state index in [1.807, 2.05) is 0 Å². The van der Waals surface area contributed by atoms with E-state index in [9.17, 15) is 9.59 Å². The summed E-state index contributed by atoms with van der Waals surface area (Å²) < 4.78 is 9.67. The highest BCUT2D eigenvalue weighted by atomic mass is 32.2. The van der Waals surface area contributed by atoms with E-state index in [0.29, 0.717) is 16.3 Å². The van der Waals surface area contributed by atoms with E-state index in [2.05, 4.69) is 9.72 Å². The molecule has 0 aliphatic carbocycles. The van der Waals surface area contributed by atoms with Crippen LogP contribution >= 0.6 is 11.8 Å². The zero-order valence-corrected chi connectivity index (χ0v) is 11.3. The average Bonchev–Trinajstić information content (AvgIpc) is 2.93. The molecule has 2 aromatic heterocycles. The van der Waals surface area contributed by atoms with Crippen molar-refractivity contribution < 1.29 is 23.8 Å². The first-order valence-corrected chi connectivity index (χ1v) is 6.57. The summed E-state index contributed by atoms with van der Waals surface area (Å²) >= 11 is 1.31. The lowest BCUT2D eigenvalue weighted by molar-refractivity contribution is 0.0563. The fraction of sp³-hybridized carbons (Fsp3) is 0.154. The van der Waals surface area contributed by atoms with Gasteiger partial charge in [0.25, 0.3) is 0 Å². The number of carboxylic acids is 1. The molecule has 0 aromatic carbocycles. The molecule has 1 N–H and O–H groups in total. The van der Waals surface area contributed by atoms with Crippen LogP contribution in [-0.4, -0.2) is 29.1 Å². The highest BCUT2D eigenvalue weighted by Gasteiger charge is 2.16. The van der Waals surface area contributed by atoms with Gasteiger partial charge in [-0.25, -0.2) is 14.6 Å². The van der Waals surface area contributed by atoms with Crippen molar-refractivity contribution in [1.29, 1.82) is 0 Å². The summed E-state index contributed by atoms with van der Waals surface area (Å²) in [4.78, 5) is 26.4. The molecule has 0 unspecified atom stereocenters. The number of carboxylic acid groups (broad SMARTS) is 1. The molecule has 7 heteroatoms. The van der Waals surface area contributed by atoms with Crippen molar-refractivity contribution in [1.82, 2.24) is 4.98 Å². The minimum absolute atomic E-state index is 0.148. The molecule has 0 saturated carbocycles. The Balaban J connectivity index is 2.09. The topological polar surface area (TPSA) is 89.6 Å². The molecule has 20 heavy (non-hydrogen) atoms. The molecule has 2 heterocycles. The molecular weight excluding hydrogens is 282 g/mol. The minimum Gasteiger partial charge on any atom is -0.478 e. The van der Waals surface area contributed by atoms with Crippen molar-refractivity contribution in [2.75, 3.05) is 7.11 Å². The monoisotopic (exact) mass is 293 g/mol. The summed E-state index contributed by atoms with van der Waals surface area (Å²) in [7, 11) is 1.28. The molecule has 2 rings (SSSR count). The molecule has 2 aromatic rings. The second kappa shape index (κ2) is 6.25. The number of furan rings is 1. The van der Waals surface area contributed by atoms with Gasteiger partial charge in [-0.1, -0.05) is 0 Å². The largest absolute Gasteiger partial charge is 0.478 e. The zero-order chi connectivity index (χ0) is 14.5. The van der Waals surface area contributed by atoms with Crippen LogP contribution in [-0.2, 0) is 10.5 Å². The molecule has 0 aliphatic heterocycles. The number of nitrogens with zero attached hydrogens (tertiary/aromatic N) is 1. The summed E-state index contributed by atoms with van der Waals surface area (Å²) in [6.07, 6.45) is 2.84. The van der Waals surface area contributed by atoms with Gasteiger partial charge in [0.2, 0.25) is 5.76 Å². The van der Waals surface area contributed by atoms with Gasteiger partial charge in [0.1, 0.15) is 0 Å². The number of aromatic nitrogens is 1. The third-order valence-corrected chi connectivity index (χ3v) is 3.45. The standard InChI is InChI=1S/C13H11NO5S/c1-18-13(17)11-9(3-5-19-11)7-20-10-6-8(12(15)16)2-4-14-10/h2-6H,7H2,1H3,(H,15,16). The zero-order valence-electron chi connectivity index (χ0n) is 10.5. The number of hydrogen-bond donors (Lipinski definition) is 1. The van der Waals surface area contributed by atoms with Gasteiger partial charge in [-0.3, -0.25) is 0 Å². The summed E-state index contributed by atoms with van der Waals surface area (Å²) in [5, 5.41) is 9.45. The summed E-state index contributed by atoms with van der Waals surface area (Å²) in [6, 6.07) is 4.56. The lowest BCUT2D eigenvalue weighted by Gasteiger charge is -2.02. The number of carbonyl (C=O) groups is 2. The Morgan fingerprint density at radius 1 is 1.45 bits per heavy atom. The van der Waals surface area contributed by atoms with E-state index in [1.165, 1.54) is 43.5 Å². The van der Waals surface area contributed by atoms with Gasteiger partial charge in [-0.05, 0) is 18.2 Å². The van der Waals surface area contributed by atoms with Gasteiger partial charge in [0, 0.05) is 17.5 Å². The maximum atomic E-state index is 11.4. The molecule has 0 aliphatic rings. The third-order valence-electron chi connectivity index (χ3n) is 2.47. The lowest BCUT2D eigenvalue weighted by atomic mass is 10.3. The highest BCUT2D eigenvalue weighted by Crippen LogP contribution is 2.24. The summed E-state index contributed by atoms with van der Waals surface area (Å²) in [5.74, 6) is -0.975. The minimum atomic E-state index is -1.01. The van der Waals surface area contributed by atoms with E-state index in [4.69, 9.17) is 9.52 Å². The van der Waals surface area contributed by atoms with Crippen LogP contribution in [0.25, 0.3) is 0 Å². The SMILES string of the molecule is COC(=O)c1occc1CSc1cc(C(=O)O)ccn1. The van der Waals surface area contributed by atoms with E-state index in [-0.39, 0.29) is 11.3 Å². The van der Waals surface area contributed by atoms with E-state index in [0.717, 1.165) is 0 Å². The molecule has 0 bridgehead atoms. The number of esters is 1. The van der Waals surface area contributed by atoms with Crippen LogP contribution in [0.2, 0.25) is 0 Å². The molecule has 0 saturated heterocycles. The molecule has 6 nitrogen and oxygen atoms in total. The number of aromatic carboxylic acids is 1. The molecule has 0 fully saturated rings. The van der Waals surface area contributed by atoms with E-state index in [1.54, 1.807) is 6.07 Å². The van der Waals surface area contributed by atoms with Gasteiger partial charge in [0.15, 0.2) is 0 Å². The second-order valence-corrected chi connectivity index (χ2v) is 4.74. The first-order valence-electron chi connectivity index (χ1n) is 5.58. The smallest absolute Gasteiger partial charge is 0.374 e. The van der Waals surface area contributed by atoms with Crippen molar-refractivity contribution in [3.8, 4) is 0 Å². The lowest BCUT2D eigenvalue weighted by Crippen LogP contribution is -2.02. The number of carbonyl (C=O) groups excluding carboxylic acids is 1. The van der Waals surface area contributed by atoms with Crippen molar-refractivity contribution in [3.63, 3.8) is 0 Å². The first-order chi connectivity index (χ1) is 9.61. The van der Waals surface area contributed by atoms with Crippen LogP contribution in [0.4, 0.5) is 0 Å².